The maximum atomic E-state index is 12.2. The Morgan fingerprint density at radius 2 is 1.82 bits per heavy atom. The van der Waals surface area contributed by atoms with E-state index in [1.165, 1.54) is 23.3 Å². The molecule has 5 nitrogen and oxygen atoms in total. The lowest BCUT2D eigenvalue weighted by Crippen LogP contribution is -2.14. The summed E-state index contributed by atoms with van der Waals surface area (Å²) in [4.78, 5) is 22.4. The number of hydrogen-bond donors (Lipinski definition) is 1. The van der Waals surface area contributed by atoms with Gasteiger partial charge in [-0.1, -0.05) is 12.1 Å². The number of ketones is 1. The minimum absolute atomic E-state index is 0.0213. The molecule has 3 rings (SSSR count). The van der Waals surface area contributed by atoms with Crippen LogP contribution in [0.1, 0.15) is 27.9 Å². The first-order valence-electron chi connectivity index (χ1n) is 7.27. The normalized spacial score (nSPS) is 12.7. The fourth-order valence-corrected chi connectivity index (χ4v) is 2.73. The van der Waals surface area contributed by atoms with Gasteiger partial charge in [0.05, 0.1) is 11.5 Å². The van der Waals surface area contributed by atoms with Crippen molar-refractivity contribution in [2.24, 2.45) is 0 Å². The largest absolute Gasteiger partial charge is 0.378 e. The van der Waals surface area contributed by atoms with E-state index in [4.69, 9.17) is 0 Å². The Hall–Kier alpha value is -2.69. The molecule has 2 aromatic rings. The van der Waals surface area contributed by atoms with Gasteiger partial charge in [-0.25, -0.2) is 0 Å². The number of rotatable bonds is 5. The van der Waals surface area contributed by atoms with Gasteiger partial charge in [-0.05, 0) is 48.6 Å². The molecule has 0 radical (unpaired) electrons. The molecule has 0 saturated carbocycles. The highest BCUT2D eigenvalue weighted by Crippen LogP contribution is 2.23. The zero-order chi connectivity index (χ0) is 15.5. The lowest BCUT2D eigenvalue weighted by atomic mass is 10.0. The topological polar surface area (TPSA) is 72.2 Å². The number of Topliss-reactive ketones (excluding diaryl/α,β-unsaturated/α-hetero) is 1. The summed E-state index contributed by atoms with van der Waals surface area (Å²) in [6, 6.07) is 12.0. The van der Waals surface area contributed by atoms with Crippen molar-refractivity contribution in [2.75, 3.05) is 11.9 Å². The SMILES string of the molecule is O=C(CNc1ccc([N+](=O)[O-])cc1)c1ccc2c(c1)CCC2. The van der Waals surface area contributed by atoms with E-state index in [9.17, 15) is 14.9 Å². The van der Waals surface area contributed by atoms with Gasteiger partial charge in [0, 0.05) is 23.4 Å². The molecule has 1 aliphatic carbocycles. The van der Waals surface area contributed by atoms with Gasteiger partial charge in [0.2, 0.25) is 0 Å². The highest BCUT2D eigenvalue weighted by Gasteiger charge is 2.14. The van der Waals surface area contributed by atoms with Crippen molar-refractivity contribution in [1.82, 2.24) is 0 Å². The molecule has 0 aromatic heterocycles. The van der Waals surface area contributed by atoms with Crippen LogP contribution in [0.15, 0.2) is 42.5 Å². The van der Waals surface area contributed by atoms with Crippen molar-refractivity contribution in [3.05, 3.63) is 69.3 Å². The molecule has 0 aliphatic heterocycles. The molecule has 0 spiro atoms. The van der Waals surface area contributed by atoms with E-state index in [1.54, 1.807) is 12.1 Å². The van der Waals surface area contributed by atoms with E-state index in [1.807, 2.05) is 18.2 Å². The third-order valence-electron chi connectivity index (χ3n) is 3.95. The monoisotopic (exact) mass is 296 g/mol. The lowest BCUT2D eigenvalue weighted by Gasteiger charge is -2.07. The number of anilines is 1. The van der Waals surface area contributed by atoms with Gasteiger partial charge in [-0.2, -0.15) is 0 Å². The Bertz CT molecular complexity index is 723. The Kier molecular flexibility index (Phi) is 3.87. The fourth-order valence-electron chi connectivity index (χ4n) is 2.73. The summed E-state index contributed by atoms with van der Waals surface area (Å²) in [5.41, 5.74) is 4.08. The van der Waals surface area contributed by atoms with Crippen LogP contribution in [0.3, 0.4) is 0 Å². The van der Waals surface area contributed by atoms with Crippen LogP contribution in [0.2, 0.25) is 0 Å². The van der Waals surface area contributed by atoms with E-state index >= 15 is 0 Å². The van der Waals surface area contributed by atoms with Crippen LogP contribution in [-0.4, -0.2) is 17.3 Å². The summed E-state index contributed by atoms with van der Waals surface area (Å²) in [7, 11) is 0. The molecule has 112 valence electrons. The van der Waals surface area contributed by atoms with Crippen LogP contribution < -0.4 is 5.32 Å². The molecule has 5 heteroatoms. The summed E-state index contributed by atoms with van der Waals surface area (Å²) in [6.45, 7) is 0.177. The second-order valence-corrected chi connectivity index (χ2v) is 5.42. The summed E-state index contributed by atoms with van der Waals surface area (Å²) < 4.78 is 0. The van der Waals surface area contributed by atoms with Crippen molar-refractivity contribution < 1.29 is 9.72 Å². The number of aryl methyl sites for hydroxylation is 2. The molecule has 0 heterocycles. The first-order chi connectivity index (χ1) is 10.6. The van der Waals surface area contributed by atoms with Gasteiger partial charge in [-0.3, -0.25) is 14.9 Å². The minimum atomic E-state index is -0.445. The average Bonchev–Trinajstić information content (AvgIpc) is 3.00. The molecule has 0 atom stereocenters. The summed E-state index contributed by atoms with van der Waals surface area (Å²) >= 11 is 0. The number of hydrogen-bond acceptors (Lipinski definition) is 4. The van der Waals surface area contributed by atoms with Crippen molar-refractivity contribution in [3.8, 4) is 0 Å². The van der Waals surface area contributed by atoms with Gasteiger partial charge < -0.3 is 5.32 Å². The Morgan fingerprint density at radius 1 is 1.09 bits per heavy atom. The maximum absolute atomic E-state index is 12.2. The standard InChI is InChI=1S/C17H16N2O3/c20-17(14-5-4-12-2-1-3-13(12)10-14)11-18-15-6-8-16(9-7-15)19(21)22/h4-10,18H,1-3,11H2. The van der Waals surface area contributed by atoms with Crippen molar-refractivity contribution in [3.63, 3.8) is 0 Å². The first-order valence-corrected chi connectivity index (χ1v) is 7.27. The van der Waals surface area contributed by atoms with Gasteiger partial charge >= 0.3 is 0 Å². The Labute approximate surface area is 128 Å². The molecular formula is C17H16N2O3. The molecular weight excluding hydrogens is 280 g/mol. The molecule has 1 N–H and O–H groups in total. The van der Waals surface area contributed by atoms with Gasteiger partial charge in [0.15, 0.2) is 5.78 Å². The van der Waals surface area contributed by atoms with Crippen LogP contribution in [0, 0.1) is 10.1 Å². The fraction of sp³-hybridized carbons (Fsp3) is 0.235. The van der Waals surface area contributed by atoms with E-state index in [0.29, 0.717) is 5.69 Å². The zero-order valence-electron chi connectivity index (χ0n) is 12.0. The maximum Gasteiger partial charge on any atom is 0.269 e. The summed E-state index contributed by atoms with van der Waals surface area (Å²) in [5.74, 6) is 0.0213. The van der Waals surface area contributed by atoms with E-state index in [-0.39, 0.29) is 18.0 Å². The average molecular weight is 296 g/mol. The number of fused-ring (bicyclic) bond motifs is 1. The molecule has 22 heavy (non-hydrogen) atoms. The second-order valence-electron chi connectivity index (χ2n) is 5.42. The summed E-state index contributed by atoms with van der Waals surface area (Å²) in [5, 5.41) is 13.6. The number of nitro groups is 1. The van der Waals surface area contributed by atoms with Crippen molar-refractivity contribution in [2.45, 2.75) is 19.3 Å². The van der Waals surface area contributed by atoms with E-state index in [2.05, 4.69) is 5.32 Å². The smallest absolute Gasteiger partial charge is 0.269 e. The number of carbonyl (C=O) groups is 1. The Morgan fingerprint density at radius 3 is 2.55 bits per heavy atom. The van der Waals surface area contributed by atoms with Gasteiger partial charge in [-0.15, -0.1) is 0 Å². The highest BCUT2D eigenvalue weighted by atomic mass is 16.6. The van der Waals surface area contributed by atoms with E-state index < -0.39 is 4.92 Å². The second kappa shape index (κ2) is 5.97. The van der Waals surface area contributed by atoms with Crippen LogP contribution in [0.5, 0.6) is 0 Å². The first kappa shape index (κ1) is 14.3. The van der Waals surface area contributed by atoms with Crippen LogP contribution in [-0.2, 0) is 12.8 Å². The minimum Gasteiger partial charge on any atom is -0.378 e. The predicted octanol–water partition coefficient (Wildman–Crippen LogP) is 3.38. The number of non-ortho nitro benzene ring substituents is 1. The number of nitrogens with one attached hydrogen (secondary N) is 1. The molecule has 0 fully saturated rings. The predicted molar refractivity (Wildman–Crippen MR) is 84.4 cm³/mol. The lowest BCUT2D eigenvalue weighted by molar-refractivity contribution is -0.384. The van der Waals surface area contributed by atoms with Crippen molar-refractivity contribution >= 4 is 17.2 Å². The highest BCUT2D eigenvalue weighted by molar-refractivity contribution is 5.99. The van der Waals surface area contributed by atoms with Crippen LogP contribution in [0.4, 0.5) is 11.4 Å². The third-order valence-corrected chi connectivity index (χ3v) is 3.95. The third kappa shape index (κ3) is 2.98. The van der Waals surface area contributed by atoms with Crippen LogP contribution in [0.25, 0.3) is 0 Å². The molecule has 1 aliphatic rings. The number of carbonyl (C=O) groups excluding carboxylic acids is 1. The van der Waals surface area contributed by atoms with Gasteiger partial charge in [0.1, 0.15) is 0 Å². The zero-order valence-corrected chi connectivity index (χ0v) is 12.0. The number of benzene rings is 2. The Balaban J connectivity index is 1.63. The quantitative estimate of drug-likeness (QED) is 0.521. The molecule has 0 unspecified atom stereocenters. The van der Waals surface area contributed by atoms with E-state index in [0.717, 1.165) is 24.8 Å². The molecule has 0 amide bonds. The molecule has 0 bridgehead atoms. The van der Waals surface area contributed by atoms with Gasteiger partial charge in [0.25, 0.3) is 5.69 Å². The van der Waals surface area contributed by atoms with Crippen molar-refractivity contribution in [1.29, 1.82) is 0 Å². The number of nitro benzene ring substituents is 1. The number of nitrogens with zero attached hydrogens (tertiary/aromatic N) is 1. The summed E-state index contributed by atoms with van der Waals surface area (Å²) in [6.07, 6.45) is 3.31. The molecule has 0 saturated heterocycles. The van der Waals surface area contributed by atoms with Crippen LogP contribution >= 0.6 is 0 Å². The molecule has 2 aromatic carbocycles.